The predicted octanol–water partition coefficient (Wildman–Crippen LogP) is 7.57. The fraction of sp³-hybridized carbons (Fsp3) is 0.548. The van der Waals surface area contributed by atoms with Crippen molar-refractivity contribution < 1.29 is 14.0 Å². The number of fused-ring (bicyclic) bond motifs is 3. The molecule has 202 valence electrons. The molecule has 0 radical (unpaired) electrons. The van der Waals surface area contributed by atoms with Crippen LogP contribution in [0.2, 0.25) is 10.0 Å². The summed E-state index contributed by atoms with van der Waals surface area (Å²) in [7, 11) is 0. The van der Waals surface area contributed by atoms with E-state index in [9.17, 15) is 9.59 Å². The Kier molecular flexibility index (Phi) is 6.44. The highest BCUT2D eigenvalue weighted by atomic mass is 35.5. The van der Waals surface area contributed by atoms with E-state index >= 15 is 4.39 Å². The highest BCUT2D eigenvalue weighted by Gasteiger charge is 2.72. The van der Waals surface area contributed by atoms with Crippen molar-refractivity contribution >= 4 is 40.6 Å². The molecule has 2 aromatic carbocycles. The number of carbonyl (C=O) groups is 2. The van der Waals surface area contributed by atoms with Gasteiger partial charge in [-0.1, -0.05) is 80.9 Å². The number of benzene rings is 2. The Labute approximate surface area is 234 Å². The number of ketones is 1. The lowest BCUT2D eigenvalue weighted by Gasteiger charge is -2.44. The summed E-state index contributed by atoms with van der Waals surface area (Å²) in [5, 5.41) is 7.40. The summed E-state index contributed by atoms with van der Waals surface area (Å²) in [6.45, 7) is 4.46. The number of hydrogen-bond acceptors (Lipinski definition) is 3. The second kappa shape index (κ2) is 9.31. The summed E-state index contributed by atoms with van der Waals surface area (Å²) >= 11 is 12.7. The first-order valence-electron chi connectivity index (χ1n) is 13.9. The average Bonchev–Trinajstić information content (AvgIpc) is 3.15. The van der Waals surface area contributed by atoms with Gasteiger partial charge >= 0.3 is 0 Å². The van der Waals surface area contributed by atoms with Gasteiger partial charge in [0.05, 0.1) is 11.1 Å². The molecule has 0 unspecified atom stereocenters. The van der Waals surface area contributed by atoms with E-state index in [4.69, 9.17) is 23.2 Å². The molecule has 4 nitrogen and oxygen atoms in total. The molecule has 0 bridgehead atoms. The van der Waals surface area contributed by atoms with E-state index in [0.717, 1.165) is 56.9 Å². The highest BCUT2D eigenvalue weighted by molar-refractivity contribution is 6.31. The second-order valence-electron chi connectivity index (χ2n) is 12.8. The Morgan fingerprint density at radius 1 is 1.05 bits per heavy atom. The van der Waals surface area contributed by atoms with Gasteiger partial charge in [0.15, 0.2) is 5.78 Å². The molecule has 0 aromatic heterocycles. The summed E-state index contributed by atoms with van der Waals surface area (Å²) in [4.78, 5) is 28.6. The standard InChI is InChI=1S/C31H35Cl2FN2O2/c1-29(2)16-18(17-29)14-24(37)27-25(20-8-7-9-22(33)26(20)34)31(30(36-27)12-5-3-4-6-13-30)21-11-10-19(32)15-23(21)35-28(31)38/h7-11,15,18,25,27,36H,3-6,12-14,16-17H2,1-2H3,(H,35,38)/t25-,27-,31+/m0/s1. The lowest BCUT2D eigenvalue weighted by molar-refractivity contribution is -0.124. The van der Waals surface area contributed by atoms with Crippen LogP contribution in [0.1, 0.15) is 88.7 Å². The summed E-state index contributed by atoms with van der Waals surface area (Å²) in [6.07, 6.45) is 7.92. The molecular weight excluding hydrogens is 522 g/mol. The van der Waals surface area contributed by atoms with E-state index in [1.54, 1.807) is 24.3 Å². The summed E-state index contributed by atoms with van der Waals surface area (Å²) in [6, 6.07) is 9.72. The van der Waals surface area contributed by atoms with Crippen molar-refractivity contribution in [3.63, 3.8) is 0 Å². The maximum Gasteiger partial charge on any atom is 0.237 e. The highest BCUT2D eigenvalue weighted by Crippen LogP contribution is 2.63. The molecule has 7 heteroatoms. The molecule has 4 aliphatic rings. The number of amides is 1. The van der Waals surface area contributed by atoms with Gasteiger partial charge in [-0.05, 0) is 66.3 Å². The van der Waals surface area contributed by atoms with Crippen LogP contribution in [0.25, 0.3) is 0 Å². The molecule has 6 rings (SSSR count). The van der Waals surface area contributed by atoms with Crippen molar-refractivity contribution in [1.29, 1.82) is 0 Å². The number of Topliss-reactive ketones (excluding diaryl/α,β-unsaturated/α-hetero) is 1. The largest absolute Gasteiger partial charge is 0.325 e. The van der Waals surface area contributed by atoms with E-state index in [1.165, 1.54) is 6.07 Å². The quantitative estimate of drug-likeness (QED) is 0.408. The van der Waals surface area contributed by atoms with E-state index in [1.807, 2.05) is 6.07 Å². The van der Waals surface area contributed by atoms with Crippen LogP contribution in [0.15, 0.2) is 36.4 Å². The van der Waals surface area contributed by atoms with E-state index in [-0.39, 0.29) is 22.1 Å². The first kappa shape index (κ1) is 26.3. The zero-order valence-corrected chi connectivity index (χ0v) is 23.5. The number of halogens is 3. The van der Waals surface area contributed by atoms with Crippen molar-refractivity contribution in [2.45, 2.75) is 94.5 Å². The molecule has 3 fully saturated rings. The van der Waals surface area contributed by atoms with E-state index < -0.39 is 28.7 Å². The van der Waals surface area contributed by atoms with Crippen LogP contribution in [0.5, 0.6) is 0 Å². The molecule has 2 N–H and O–H groups in total. The molecule has 2 aliphatic heterocycles. The van der Waals surface area contributed by atoms with Gasteiger partial charge in [0.1, 0.15) is 11.2 Å². The second-order valence-corrected chi connectivity index (χ2v) is 13.6. The molecule has 2 heterocycles. The van der Waals surface area contributed by atoms with Gasteiger partial charge in [0, 0.05) is 28.6 Å². The normalized spacial score (nSPS) is 29.7. The first-order valence-corrected chi connectivity index (χ1v) is 14.7. The molecule has 2 aliphatic carbocycles. The van der Waals surface area contributed by atoms with Gasteiger partial charge in [-0.15, -0.1) is 0 Å². The SMILES string of the molecule is CC1(C)CC(CC(=O)[C@@H]2NC3(CCCCCC3)[C@@]3(C(=O)Nc4cc(Cl)ccc43)[C@H]2c2cccc(Cl)c2F)C1. The molecule has 1 saturated heterocycles. The molecular formula is C31H35Cl2FN2O2. The van der Waals surface area contributed by atoms with Crippen molar-refractivity contribution in [1.82, 2.24) is 5.32 Å². The summed E-state index contributed by atoms with van der Waals surface area (Å²) in [5.74, 6) is -1.10. The molecule has 38 heavy (non-hydrogen) atoms. The Morgan fingerprint density at radius 2 is 1.76 bits per heavy atom. The molecule has 2 aromatic rings. The van der Waals surface area contributed by atoms with Crippen LogP contribution in [0.4, 0.5) is 10.1 Å². The topological polar surface area (TPSA) is 58.2 Å². The van der Waals surface area contributed by atoms with Crippen LogP contribution >= 0.6 is 23.2 Å². The maximum absolute atomic E-state index is 15.9. The summed E-state index contributed by atoms with van der Waals surface area (Å²) in [5.41, 5.74) is 0.170. The van der Waals surface area contributed by atoms with Crippen LogP contribution < -0.4 is 10.6 Å². The van der Waals surface area contributed by atoms with Crippen LogP contribution in [-0.4, -0.2) is 23.3 Å². The van der Waals surface area contributed by atoms with E-state index in [0.29, 0.717) is 28.6 Å². The number of anilines is 1. The Balaban J connectivity index is 1.56. The zero-order valence-electron chi connectivity index (χ0n) is 22.0. The molecule has 2 saturated carbocycles. The van der Waals surface area contributed by atoms with Gasteiger partial charge in [-0.2, -0.15) is 0 Å². The minimum atomic E-state index is -1.16. The monoisotopic (exact) mass is 556 g/mol. The summed E-state index contributed by atoms with van der Waals surface area (Å²) < 4.78 is 15.9. The van der Waals surface area contributed by atoms with Gasteiger partial charge in [0.25, 0.3) is 0 Å². The average molecular weight is 558 g/mol. The lowest BCUT2D eigenvalue weighted by Crippen LogP contribution is -2.59. The fourth-order valence-electron chi connectivity index (χ4n) is 8.50. The van der Waals surface area contributed by atoms with Crippen molar-refractivity contribution in [2.24, 2.45) is 11.3 Å². The van der Waals surface area contributed by atoms with Crippen molar-refractivity contribution in [2.75, 3.05) is 5.32 Å². The fourth-order valence-corrected chi connectivity index (χ4v) is 8.86. The Hall–Kier alpha value is -1.95. The lowest BCUT2D eigenvalue weighted by atomic mass is 9.56. The van der Waals surface area contributed by atoms with Crippen LogP contribution in [0.3, 0.4) is 0 Å². The third kappa shape index (κ3) is 3.87. The van der Waals surface area contributed by atoms with Crippen LogP contribution in [0, 0.1) is 17.2 Å². The number of rotatable bonds is 4. The number of nitrogens with one attached hydrogen (secondary N) is 2. The van der Waals surface area contributed by atoms with Gasteiger partial charge in [-0.25, -0.2) is 4.39 Å². The van der Waals surface area contributed by atoms with Crippen molar-refractivity contribution in [3.8, 4) is 0 Å². The minimum Gasteiger partial charge on any atom is -0.325 e. The third-order valence-corrected chi connectivity index (χ3v) is 10.3. The Bertz CT molecular complexity index is 1290. The van der Waals surface area contributed by atoms with Crippen LogP contribution in [-0.2, 0) is 15.0 Å². The van der Waals surface area contributed by atoms with Crippen molar-refractivity contribution in [3.05, 3.63) is 63.4 Å². The molecule has 1 amide bonds. The number of hydrogen-bond donors (Lipinski definition) is 2. The Morgan fingerprint density at radius 3 is 2.45 bits per heavy atom. The minimum absolute atomic E-state index is 0.00106. The van der Waals surface area contributed by atoms with Gasteiger partial charge < -0.3 is 5.32 Å². The molecule has 3 atom stereocenters. The zero-order chi connectivity index (χ0) is 26.9. The van der Waals surface area contributed by atoms with Gasteiger partial charge in [0.2, 0.25) is 5.91 Å². The number of carbonyl (C=O) groups excluding carboxylic acids is 2. The molecule has 2 spiro atoms. The maximum atomic E-state index is 15.9. The van der Waals surface area contributed by atoms with E-state index in [2.05, 4.69) is 24.5 Å². The third-order valence-electron chi connectivity index (χ3n) is 9.79. The smallest absolute Gasteiger partial charge is 0.237 e. The predicted molar refractivity (Wildman–Crippen MR) is 149 cm³/mol. The van der Waals surface area contributed by atoms with Gasteiger partial charge in [-0.3, -0.25) is 14.9 Å². The first-order chi connectivity index (χ1) is 18.1.